The molecule has 0 radical (unpaired) electrons. The molecular weight excluding hydrogens is 206 g/mol. The average molecular weight is 221 g/mol. The molecule has 0 atom stereocenters. The van der Waals surface area contributed by atoms with Crippen LogP contribution in [0.25, 0.3) is 5.65 Å². The summed E-state index contributed by atoms with van der Waals surface area (Å²) in [5.74, 6) is 0.710. The highest BCUT2D eigenvalue weighted by molar-refractivity contribution is 5.62. The van der Waals surface area contributed by atoms with Crippen LogP contribution in [0.5, 0.6) is 0 Å². The minimum atomic E-state index is -0.775. The fraction of sp³-hybridized carbons (Fsp3) is 0.500. The van der Waals surface area contributed by atoms with Crippen molar-refractivity contribution in [1.29, 1.82) is 0 Å². The van der Waals surface area contributed by atoms with E-state index in [1.807, 2.05) is 11.9 Å². The van der Waals surface area contributed by atoms with E-state index in [1.165, 1.54) is 0 Å². The number of likely N-dealkylation sites (N-methyl/N-ethyl adjacent to an activating group) is 1. The molecule has 0 spiro atoms. The van der Waals surface area contributed by atoms with Gasteiger partial charge in [0.05, 0.1) is 5.60 Å². The van der Waals surface area contributed by atoms with Gasteiger partial charge in [0.25, 0.3) is 0 Å². The Balaban J connectivity index is 2.36. The number of hydrogen-bond donors (Lipinski definition) is 1. The van der Waals surface area contributed by atoms with Gasteiger partial charge in [-0.1, -0.05) is 0 Å². The van der Waals surface area contributed by atoms with Gasteiger partial charge < -0.3 is 10.0 Å². The summed E-state index contributed by atoms with van der Waals surface area (Å²) in [5, 5.41) is 17.6. The van der Waals surface area contributed by atoms with E-state index in [1.54, 1.807) is 37.0 Å². The predicted molar refractivity (Wildman–Crippen MR) is 60.3 cm³/mol. The molecule has 1 N–H and O–H groups in total. The molecule has 0 aliphatic carbocycles. The van der Waals surface area contributed by atoms with Crippen molar-refractivity contribution in [1.82, 2.24) is 19.6 Å². The summed E-state index contributed by atoms with van der Waals surface area (Å²) in [4.78, 5) is 6.12. The van der Waals surface area contributed by atoms with Gasteiger partial charge in [0.2, 0.25) is 5.65 Å². The maximum absolute atomic E-state index is 9.76. The number of nitrogens with zero attached hydrogens (tertiary/aromatic N) is 5. The van der Waals surface area contributed by atoms with Crippen LogP contribution in [-0.4, -0.2) is 43.9 Å². The smallest absolute Gasteiger partial charge is 0.203 e. The molecule has 2 aromatic heterocycles. The molecule has 0 amide bonds. The Morgan fingerprint density at radius 3 is 2.94 bits per heavy atom. The Morgan fingerprint density at radius 1 is 1.50 bits per heavy atom. The van der Waals surface area contributed by atoms with Crippen LogP contribution in [0.4, 0.5) is 5.82 Å². The highest BCUT2D eigenvalue weighted by atomic mass is 16.3. The summed E-state index contributed by atoms with van der Waals surface area (Å²) < 4.78 is 1.79. The molecular formula is C10H15N5O. The van der Waals surface area contributed by atoms with E-state index in [-0.39, 0.29) is 0 Å². The normalized spacial score (nSPS) is 12.0. The van der Waals surface area contributed by atoms with Gasteiger partial charge >= 0.3 is 0 Å². The van der Waals surface area contributed by atoms with E-state index in [0.29, 0.717) is 18.0 Å². The van der Waals surface area contributed by atoms with Crippen LogP contribution in [-0.2, 0) is 0 Å². The van der Waals surface area contributed by atoms with Crippen molar-refractivity contribution in [3.05, 3.63) is 18.7 Å². The number of aliphatic hydroxyl groups is 1. The molecule has 6 heteroatoms. The van der Waals surface area contributed by atoms with Gasteiger partial charge in [-0.2, -0.15) is 0 Å². The van der Waals surface area contributed by atoms with Crippen molar-refractivity contribution in [2.45, 2.75) is 19.4 Å². The van der Waals surface area contributed by atoms with Crippen molar-refractivity contribution in [3.8, 4) is 0 Å². The molecule has 2 heterocycles. The molecule has 0 saturated heterocycles. The molecule has 0 unspecified atom stereocenters. The second kappa shape index (κ2) is 3.71. The molecule has 0 bridgehead atoms. The Bertz CT molecular complexity index is 487. The SMILES string of the molecule is CN(CC(C)(C)O)c1nccn2cnnc12. The topological polar surface area (TPSA) is 66.5 Å². The largest absolute Gasteiger partial charge is 0.389 e. The lowest BCUT2D eigenvalue weighted by molar-refractivity contribution is 0.0885. The molecule has 0 aromatic carbocycles. The Kier molecular flexibility index (Phi) is 2.51. The van der Waals surface area contributed by atoms with Crippen molar-refractivity contribution in [2.24, 2.45) is 0 Å². The van der Waals surface area contributed by atoms with Crippen LogP contribution >= 0.6 is 0 Å². The highest BCUT2D eigenvalue weighted by Gasteiger charge is 2.18. The summed E-state index contributed by atoms with van der Waals surface area (Å²) in [6.07, 6.45) is 5.10. The summed E-state index contributed by atoms with van der Waals surface area (Å²) in [7, 11) is 1.87. The lowest BCUT2D eigenvalue weighted by atomic mass is 10.1. The second-order valence-corrected chi connectivity index (χ2v) is 4.48. The van der Waals surface area contributed by atoms with Crippen molar-refractivity contribution < 1.29 is 5.11 Å². The standard InChI is InChI=1S/C10H15N5O/c1-10(2,16)6-14(3)8-9-13-12-7-15(9)5-4-11-8/h4-5,7,16H,6H2,1-3H3. The number of rotatable bonds is 3. The fourth-order valence-corrected chi connectivity index (χ4v) is 1.67. The first kappa shape index (κ1) is 10.8. The second-order valence-electron chi connectivity index (χ2n) is 4.48. The molecule has 6 nitrogen and oxygen atoms in total. The van der Waals surface area contributed by atoms with Crippen LogP contribution in [0.3, 0.4) is 0 Å². The summed E-state index contributed by atoms with van der Waals surface area (Å²) in [5.41, 5.74) is -0.0854. The Labute approximate surface area is 93.6 Å². The number of hydrogen-bond acceptors (Lipinski definition) is 5. The van der Waals surface area contributed by atoms with Gasteiger partial charge in [0.15, 0.2) is 5.82 Å². The average Bonchev–Trinajstić information content (AvgIpc) is 2.61. The molecule has 2 rings (SSSR count). The van der Waals surface area contributed by atoms with Gasteiger partial charge in [0, 0.05) is 26.0 Å². The Morgan fingerprint density at radius 2 is 2.25 bits per heavy atom. The minimum Gasteiger partial charge on any atom is -0.389 e. The fourth-order valence-electron chi connectivity index (χ4n) is 1.67. The lowest BCUT2D eigenvalue weighted by Crippen LogP contribution is -2.36. The third-order valence-corrected chi connectivity index (χ3v) is 2.18. The van der Waals surface area contributed by atoms with Gasteiger partial charge in [-0.05, 0) is 13.8 Å². The van der Waals surface area contributed by atoms with E-state index in [9.17, 15) is 5.11 Å². The number of aromatic nitrogens is 4. The lowest BCUT2D eigenvalue weighted by Gasteiger charge is -2.26. The van der Waals surface area contributed by atoms with Crippen LogP contribution in [0.1, 0.15) is 13.8 Å². The van der Waals surface area contributed by atoms with Gasteiger partial charge in [-0.15, -0.1) is 10.2 Å². The first-order valence-electron chi connectivity index (χ1n) is 5.05. The molecule has 86 valence electrons. The van der Waals surface area contributed by atoms with Crippen LogP contribution in [0.15, 0.2) is 18.7 Å². The van der Waals surface area contributed by atoms with Gasteiger partial charge in [-0.25, -0.2) is 4.98 Å². The predicted octanol–water partition coefficient (Wildman–Crippen LogP) is 0.331. The van der Waals surface area contributed by atoms with Gasteiger partial charge in [-0.3, -0.25) is 4.40 Å². The van der Waals surface area contributed by atoms with Crippen molar-refractivity contribution >= 4 is 11.5 Å². The summed E-state index contributed by atoms with van der Waals surface area (Å²) in [6.45, 7) is 3.99. The highest BCUT2D eigenvalue weighted by Crippen LogP contribution is 2.16. The zero-order valence-corrected chi connectivity index (χ0v) is 9.62. The van der Waals surface area contributed by atoms with Crippen molar-refractivity contribution in [3.63, 3.8) is 0 Å². The van der Waals surface area contributed by atoms with E-state index in [2.05, 4.69) is 15.2 Å². The molecule has 16 heavy (non-hydrogen) atoms. The third kappa shape index (κ3) is 2.11. The van der Waals surface area contributed by atoms with Crippen LogP contribution in [0.2, 0.25) is 0 Å². The van der Waals surface area contributed by atoms with E-state index in [4.69, 9.17) is 0 Å². The number of fused-ring (bicyclic) bond motifs is 1. The molecule has 0 aliphatic rings. The first-order chi connectivity index (χ1) is 7.47. The summed E-state index contributed by atoms with van der Waals surface area (Å²) >= 11 is 0. The summed E-state index contributed by atoms with van der Waals surface area (Å²) in [6, 6.07) is 0. The van der Waals surface area contributed by atoms with Crippen molar-refractivity contribution in [2.75, 3.05) is 18.5 Å². The minimum absolute atomic E-state index is 0.479. The van der Waals surface area contributed by atoms with Crippen LogP contribution in [0, 0.1) is 0 Å². The monoisotopic (exact) mass is 221 g/mol. The van der Waals surface area contributed by atoms with Gasteiger partial charge in [0.1, 0.15) is 6.33 Å². The van der Waals surface area contributed by atoms with E-state index < -0.39 is 5.60 Å². The molecule has 0 aliphatic heterocycles. The molecule has 2 aromatic rings. The molecule has 0 fully saturated rings. The van der Waals surface area contributed by atoms with Crippen LogP contribution < -0.4 is 4.90 Å². The first-order valence-corrected chi connectivity index (χ1v) is 5.05. The Hall–Kier alpha value is -1.69. The maximum Gasteiger partial charge on any atom is 0.203 e. The number of anilines is 1. The van der Waals surface area contributed by atoms with E-state index >= 15 is 0 Å². The van der Waals surface area contributed by atoms with E-state index in [0.717, 1.165) is 0 Å². The quantitative estimate of drug-likeness (QED) is 0.809. The molecule has 0 saturated carbocycles. The maximum atomic E-state index is 9.76. The zero-order chi connectivity index (χ0) is 11.8. The zero-order valence-electron chi connectivity index (χ0n) is 9.62. The third-order valence-electron chi connectivity index (χ3n) is 2.18.